The second-order valence-corrected chi connectivity index (χ2v) is 6.17. The quantitative estimate of drug-likeness (QED) is 0.692. The van der Waals surface area contributed by atoms with Crippen LogP contribution in [0.2, 0.25) is 0 Å². The normalized spacial score (nSPS) is 18.7. The Morgan fingerprint density at radius 3 is 2.56 bits per heavy atom. The molecule has 1 atom stereocenters. The van der Waals surface area contributed by atoms with E-state index >= 15 is 0 Å². The molecule has 0 bridgehead atoms. The maximum absolute atomic E-state index is 5.21. The second kappa shape index (κ2) is 5.54. The standard InChI is InChI=1S/C13H16Br2O/c1-16-10-6-7-11(12(14)8-10)13(15)9-4-2-3-5-9/h6-9,13H,2-5H2,1H3. The molecule has 0 aromatic heterocycles. The van der Waals surface area contributed by atoms with E-state index in [1.165, 1.54) is 31.2 Å². The molecule has 16 heavy (non-hydrogen) atoms. The predicted molar refractivity (Wildman–Crippen MR) is 74.3 cm³/mol. The molecule has 1 aliphatic rings. The molecule has 0 radical (unpaired) electrons. The van der Waals surface area contributed by atoms with E-state index in [4.69, 9.17) is 4.74 Å². The minimum absolute atomic E-state index is 0.468. The van der Waals surface area contributed by atoms with Crippen LogP contribution in [-0.2, 0) is 0 Å². The van der Waals surface area contributed by atoms with Crippen molar-refractivity contribution in [3.8, 4) is 5.75 Å². The third kappa shape index (κ3) is 2.62. The number of hydrogen-bond acceptors (Lipinski definition) is 1. The molecule has 0 heterocycles. The van der Waals surface area contributed by atoms with Crippen molar-refractivity contribution >= 4 is 31.9 Å². The van der Waals surface area contributed by atoms with Crippen molar-refractivity contribution in [3.63, 3.8) is 0 Å². The highest BCUT2D eigenvalue weighted by Crippen LogP contribution is 2.43. The van der Waals surface area contributed by atoms with E-state index in [-0.39, 0.29) is 0 Å². The van der Waals surface area contributed by atoms with E-state index < -0.39 is 0 Å². The van der Waals surface area contributed by atoms with E-state index in [1.54, 1.807) is 7.11 Å². The summed E-state index contributed by atoms with van der Waals surface area (Å²) in [6.07, 6.45) is 5.43. The molecule has 0 N–H and O–H groups in total. The van der Waals surface area contributed by atoms with Crippen molar-refractivity contribution in [3.05, 3.63) is 28.2 Å². The molecule has 1 fully saturated rings. The van der Waals surface area contributed by atoms with Gasteiger partial charge in [-0.05, 0) is 36.5 Å². The lowest BCUT2D eigenvalue weighted by Crippen LogP contribution is -2.03. The van der Waals surface area contributed by atoms with Crippen LogP contribution in [0.25, 0.3) is 0 Å². The highest BCUT2D eigenvalue weighted by Gasteiger charge is 2.25. The number of methoxy groups -OCH3 is 1. The van der Waals surface area contributed by atoms with Gasteiger partial charge in [0.25, 0.3) is 0 Å². The lowest BCUT2D eigenvalue weighted by atomic mass is 9.98. The first-order valence-electron chi connectivity index (χ1n) is 5.70. The Morgan fingerprint density at radius 2 is 2.00 bits per heavy atom. The Morgan fingerprint density at radius 1 is 1.31 bits per heavy atom. The molecule has 1 aromatic rings. The fourth-order valence-corrected chi connectivity index (χ4v) is 4.20. The van der Waals surface area contributed by atoms with Crippen LogP contribution < -0.4 is 4.74 Å². The molecule has 1 aliphatic carbocycles. The van der Waals surface area contributed by atoms with Gasteiger partial charge in [0.15, 0.2) is 0 Å². The zero-order valence-corrected chi connectivity index (χ0v) is 12.6. The molecule has 1 saturated carbocycles. The summed E-state index contributed by atoms with van der Waals surface area (Å²) in [6, 6.07) is 6.22. The van der Waals surface area contributed by atoms with Crippen molar-refractivity contribution in [2.24, 2.45) is 5.92 Å². The van der Waals surface area contributed by atoms with Gasteiger partial charge < -0.3 is 4.74 Å². The molecular formula is C13H16Br2O. The van der Waals surface area contributed by atoms with E-state index in [0.29, 0.717) is 4.83 Å². The summed E-state index contributed by atoms with van der Waals surface area (Å²) in [5, 5.41) is 0. The van der Waals surface area contributed by atoms with Crippen molar-refractivity contribution in [1.82, 2.24) is 0 Å². The summed E-state index contributed by atoms with van der Waals surface area (Å²) in [5.41, 5.74) is 1.34. The molecular weight excluding hydrogens is 332 g/mol. The topological polar surface area (TPSA) is 9.23 Å². The summed E-state index contributed by atoms with van der Waals surface area (Å²) in [7, 11) is 1.70. The first-order valence-corrected chi connectivity index (χ1v) is 7.40. The van der Waals surface area contributed by atoms with Gasteiger partial charge in [0.05, 0.1) is 7.11 Å². The van der Waals surface area contributed by atoms with Crippen LogP contribution in [0.3, 0.4) is 0 Å². The average Bonchev–Trinajstić information content (AvgIpc) is 2.81. The Kier molecular flexibility index (Phi) is 4.31. The van der Waals surface area contributed by atoms with E-state index in [9.17, 15) is 0 Å². The monoisotopic (exact) mass is 346 g/mol. The maximum Gasteiger partial charge on any atom is 0.120 e. The van der Waals surface area contributed by atoms with Crippen molar-refractivity contribution in [2.75, 3.05) is 7.11 Å². The van der Waals surface area contributed by atoms with Gasteiger partial charge in [-0.2, -0.15) is 0 Å². The highest BCUT2D eigenvalue weighted by atomic mass is 79.9. The van der Waals surface area contributed by atoms with Crippen molar-refractivity contribution < 1.29 is 4.74 Å². The van der Waals surface area contributed by atoms with Gasteiger partial charge in [0.2, 0.25) is 0 Å². The van der Waals surface area contributed by atoms with Gasteiger partial charge in [-0.15, -0.1) is 0 Å². The third-order valence-electron chi connectivity index (χ3n) is 3.32. The fourth-order valence-electron chi connectivity index (χ4n) is 2.36. The molecule has 0 amide bonds. The molecule has 1 aromatic carbocycles. The van der Waals surface area contributed by atoms with Crippen LogP contribution in [0, 0.1) is 5.92 Å². The highest BCUT2D eigenvalue weighted by molar-refractivity contribution is 9.11. The number of ether oxygens (including phenoxy) is 1. The smallest absolute Gasteiger partial charge is 0.120 e. The summed E-state index contributed by atoms with van der Waals surface area (Å²) in [6.45, 7) is 0. The molecule has 1 nitrogen and oxygen atoms in total. The molecule has 2 rings (SSSR count). The van der Waals surface area contributed by atoms with Crippen LogP contribution in [0.5, 0.6) is 5.75 Å². The summed E-state index contributed by atoms with van der Waals surface area (Å²) in [4.78, 5) is 0.468. The maximum atomic E-state index is 5.21. The summed E-state index contributed by atoms with van der Waals surface area (Å²) in [5.74, 6) is 1.69. The minimum Gasteiger partial charge on any atom is -0.497 e. The van der Waals surface area contributed by atoms with Gasteiger partial charge in [0.1, 0.15) is 5.75 Å². The second-order valence-electron chi connectivity index (χ2n) is 4.33. The predicted octanol–water partition coefficient (Wildman–Crippen LogP) is 5.08. The number of hydrogen-bond donors (Lipinski definition) is 0. The first kappa shape index (κ1) is 12.4. The van der Waals surface area contributed by atoms with Crippen LogP contribution in [0.15, 0.2) is 22.7 Å². The van der Waals surface area contributed by atoms with Crippen LogP contribution >= 0.6 is 31.9 Å². The molecule has 0 spiro atoms. The summed E-state index contributed by atoms with van der Waals surface area (Å²) < 4.78 is 6.35. The van der Waals surface area contributed by atoms with Gasteiger partial charge in [-0.25, -0.2) is 0 Å². The van der Waals surface area contributed by atoms with E-state index in [0.717, 1.165) is 16.1 Å². The Hall–Kier alpha value is -0.0200. The van der Waals surface area contributed by atoms with Crippen LogP contribution in [0.4, 0.5) is 0 Å². The van der Waals surface area contributed by atoms with Crippen molar-refractivity contribution in [2.45, 2.75) is 30.5 Å². The molecule has 0 saturated heterocycles. The third-order valence-corrected chi connectivity index (χ3v) is 5.25. The number of rotatable bonds is 3. The van der Waals surface area contributed by atoms with E-state index in [2.05, 4.69) is 37.9 Å². The van der Waals surface area contributed by atoms with Crippen LogP contribution in [-0.4, -0.2) is 7.11 Å². The Labute approximate surface area is 114 Å². The number of alkyl halides is 1. The zero-order chi connectivity index (χ0) is 11.5. The lowest BCUT2D eigenvalue weighted by molar-refractivity contribution is 0.414. The molecule has 0 aliphatic heterocycles. The largest absolute Gasteiger partial charge is 0.497 e. The SMILES string of the molecule is COc1ccc(C(Br)C2CCCC2)c(Br)c1. The Bertz CT molecular complexity index is 359. The minimum atomic E-state index is 0.468. The molecule has 3 heteroatoms. The van der Waals surface area contributed by atoms with E-state index in [1.807, 2.05) is 12.1 Å². The molecule has 88 valence electrons. The Balaban J connectivity index is 2.19. The molecule has 1 unspecified atom stereocenters. The lowest BCUT2D eigenvalue weighted by Gasteiger charge is -2.19. The van der Waals surface area contributed by atoms with Gasteiger partial charge in [-0.3, -0.25) is 0 Å². The first-order chi connectivity index (χ1) is 7.72. The van der Waals surface area contributed by atoms with Crippen LogP contribution in [0.1, 0.15) is 36.1 Å². The zero-order valence-electron chi connectivity index (χ0n) is 9.38. The van der Waals surface area contributed by atoms with Crippen molar-refractivity contribution in [1.29, 1.82) is 0 Å². The van der Waals surface area contributed by atoms with Gasteiger partial charge in [-0.1, -0.05) is 50.8 Å². The summed E-state index contributed by atoms with van der Waals surface area (Å²) >= 11 is 7.46. The number of benzene rings is 1. The fraction of sp³-hybridized carbons (Fsp3) is 0.538. The average molecular weight is 348 g/mol. The van der Waals surface area contributed by atoms with Gasteiger partial charge in [0, 0.05) is 9.30 Å². The number of halogens is 2. The van der Waals surface area contributed by atoms with Gasteiger partial charge >= 0.3 is 0 Å².